The lowest BCUT2D eigenvalue weighted by Gasteiger charge is -2.25. The summed E-state index contributed by atoms with van der Waals surface area (Å²) in [5, 5.41) is 11.3. The number of hydrogen-bond donors (Lipinski definition) is 1. The molecule has 0 bridgehead atoms. The molecule has 1 aliphatic heterocycles. The fourth-order valence-corrected chi connectivity index (χ4v) is 3.95. The van der Waals surface area contributed by atoms with Crippen molar-refractivity contribution in [3.05, 3.63) is 95.3 Å². The Kier molecular flexibility index (Phi) is 6.87. The van der Waals surface area contributed by atoms with Gasteiger partial charge in [-0.05, 0) is 60.0 Å². The van der Waals surface area contributed by atoms with Crippen LogP contribution in [-0.2, 0) is 9.59 Å². The second-order valence-corrected chi connectivity index (χ2v) is 8.65. The molecule has 180 valence electrons. The first-order chi connectivity index (χ1) is 16.8. The van der Waals surface area contributed by atoms with Gasteiger partial charge in [-0.25, -0.2) is 4.39 Å². The number of rotatable bonds is 7. The normalized spacial score (nSPS) is 17.2. The van der Waals surface area contributed by atoms with Gasteiger partial charge in [0.1, 0.15) is 23.1 Å². The maximum absolute atomic E-state index is 13.7. The van der Waals surface area contributed by atoms with Crippen LogP contribution in [0.5, 0.6) is 11.5 Å². The second kappa shape index (κ2) is 10.0. The minimum atomic E-state index is -0.954. The molecule has 1 unspecified atom stereocenters. The van der Waals surface area contributed by atoms with Crippen molar-refractivity contribution in [3.63, 3.8) is 0 Å². The molecule has 3 aromatic carbocycles. The van der Waals surface area contributed by atoms with E-state index in [2.05, 4.69) is 0 Å². The molecule has 0 radical (unpaired) electrons. The molecule has 1 heterocycles. The number of anilines is 1. The molecule has 1 atom stereocenters. The standard InChI is InChI=1S/C28H26FNO5/c1-17(2)16-35-23-6-4-5-19(15-23)26(31)24-25(18-7-9-20(29)10-8-18)30(28(33)27(24)32)21-11-13-22(34-3)14-12-21/h4-15,17,25,31H,16H2,1-3H3/b26-24-. The van der Waals surface area contributed by atoms with Gasteiger partial charge >= 0.3 is 0 Å². The Balaban J connectivity index is 1.84. The van der Waals surface area contributed by atoms with Gasteiger partial charge in [-0.15, -0.1) is 0 Å². The number of hydrogen-bond acceptors (Lipinski definition) is 5. The Morgan fingerprint density at radius 3 is 2.31 bits per heavy atom. The molecule has 4 rings (SSSR count). The molecule has 1 amide bonds. The van der Waals surface area contributed by atoms with E-state index in [4.69, 9.17) is 9.47 Å². The zero-order valence-electron chi connectivity index (χ0n) is 19.7. The van der Waals surface area contributed by atoms with E-state index < -0.39 is 23.5 Å². The summed E-state index contributed by atoms with van der Waals surface area (Å²) in [6, 6.07) is 17.9. The average Bonchev–Trinajstić information content (AvgIpc) is 3.13. The summed E-state index contributed by atoms with van der Waals surface area (Å²) in [5.74, 6) is -0.985. The van der Waals surface area contributed by atoms with Crippen LogP contribution in [0.25, 0.3) is 5.76 Å². The average molecular weight is 476 g/mol. The molecule has 0 aromatic heterocycles. The van der Waals surface area contributed by atoms with Crippen LogP contribution in [0.4, 0.5) is 10.1 Å². The molecular weight excluding hydrogens is 449 g/mol. The predicted molar refractivity (Wildman–Crippen MR) is 131 cm³/mol. The van der Waals surface area contributed by atoms with Gasteiger partial charge < -0.3 is 14.6 Å². The largest absolute Gasteiger partial charge is 0.507 e. The predicted octanol–water partition coefficient (Wildman–Crippen LogP) is 5.50. The number of aliphatic hydroxyl groups is 1. The van der Waals surface area contributed by atoms with E-state index in [9.17, 15) is 19.1 Å². The van der Waals surface area contributed by atoms with Gasteiger partial charge in [-0.3, -0.25) is 14.5 Å². The Morgan fingerprint density at radius 1 is 1.00 bits per heavy atom. The Labute approximate surface area is 203 Å². The van der Waals surface area contributed by atoms with E-state index >= 15 is 0 Å². The third kappa shape index (κ3) is 4.89. The molecule has 6 nitrogen and oxygen atoms in total. The monoisotopic (exact) mass is 475 g/mol. The summed E-state index contributed by atoms with van der Waals surface area (Å²) < 4.78 is 24.6. The van der Waals surface area contributed by atoms with E-state index in [1.54, 1.807) is 48.5 Å². The Hall–Kier alpha value is -4.13. The zero-order valence-corrected chi connectivity index (χ0v) is 19.7. The summed E-state index contributed by atoms with van der Waals surface area (Å²) in [7, 11) is 1.53. The van der Waals surface area contributed by atoms with Crippen molar-refractivity contribution in [2.45, 2.75) is 19.9 Å². The molecular formula is C28H26FNO5. The van der Waals surface area contributed by atoms with Crippen molar-refractivity contribution >= 4 is 23.1 Å². The fourth-order valence-electron chi connectivity index (χ4n) is 3.95. The smallest absolute Gasteiger partial charge is 0.300 e. The molecule has 1 fully saturated rings. The van der Waals surface area contributed by atoms with Gasteiger partial charge in [0.15, 0.2) is 0 Å². The quantitative estimate of drug-likeness (QED) is 0.278. The first-order valence-electron chi connectivity index (χ1n) is 11.2. The van der Waals surface area contributed by atoms with Crippen LogP contribution in [-0.4, -0.2) is 30.5 Å². The summed E-state index contributed by atoms with van der Waals surface area (Å²) >= 11 is 0. The van der Waals surface area contributed by atoms with Crippen molar-refractivity contribution in [2.24, 2.45) is 5.92 Å². The lowest BCUT2D eigenvalue weighted by atomic mass is 9.95. The van der Waals surface area contributed by atoms with Crippen molar-refractivity contribution in [2.75, 3.05) is 18.6 Å². The number of ketones is 1. The maximum atomic E-state index is 13.7. The maximum Gasteiger partial charge on any atom is 0.300 e. The van der Waals surface area contributed by atoms with E-state index in [1.165, 1.54) is 36.3 Å². The Bertz CT molecular complexity index is 1270. The zero-order chi connectivity index (χ0) is 25.1. The SMILES string of the molecule is COc1ccc(N2C(=O)C(=O)/C(=C(\O)c3cccc(OCC(C)C)c3)C2c2ccc(F)cc2)cc1. The molecule has 1 N–H and O–H groups in total. The van der Waals surface area contributed by atoms with E-state index in [0.29, 0.717) is 40.8 Å². The van der Waals surface area contributed by atoms with Crippen LogP contribution in [0.2, 0.25) is 0 Å². The highest BCUT2D eigenvalue weighted by Crippen LogP contribution is 2.42. The van der Waals surface area contributed by atoms with Crippen LogP contribution in [0.15, 0.2) is 78.4 Å². The van der Waals surface area contributed by atoms with E-state index in [-0.39, 0.29) is 11.3 Å². The van der Waals surface area contributed by atoms with Gasteiger partial charge in [-0.1, -0.05) is 38.1 Å². The van der Waals surface area contributed by atoms with Crippen LogP contribution < -0.4 is 14.4 Å². The Morgan fingerprint density at radius 2 is 1.69 bits per heavy atom. The number of nitrogens with zero attached hydrogens (tertiary/aromatic N) is 1. The molecule has 0 saturated carbocycles. The van der Waals surface area contributed by atoms with Gasteiger partial charge in [0, 0.05) is 11.3 Å². The molecule has 35 heavy (non-hydrogen) atoms. The van der Waals surface area contributed by atoms with Crippen LogP contribution in [0.3, 0.4) is 0 Å². The minimum Gasteiger partial charge on any atom is -0.507 e. The number of carbonyl (C=O) groups is 2. The lowest BCUT2D eigenvalue weighted by Crippen LogP contribution is -2.29. The van der Waals surface area contributed by atoms with Gasteiger partial charge in [-0.2, -0.15) is 0 Å². The summed E-state index contributed by atoms with van der Waals surface area (Å²) in [6.45, 7) is 4.53. The molecule has 3 aromatic rings. The summed E-state index contributed by atoms with van der Waals surface area (Å²) in [5.41, 5.74) is 1.18. The lowest BCUT2D eigenvalue weighted by molar-refractivity contribution is -0.132. The number of benzene rings is 3. The molecule has 1 aliphatic rings. The number of amides is 1. The molecule has 0 aliphatic carbocycles. The second-order valence-electron chi connectivity index (χ2n) is 8.65. The third-order valence-corrected chi connectivity index (χ3v) is 5.67. The minimum absolute atomic E-state index is 0.0848. The topological polar surface area (TPSA) is 76.1 Å². The fraction of sp³-hybridized carbons (Fsp3) is 0.214. The van der Waals surface area contributed by atoms with Crippen molar-refractivity contribution < 1.29 is 28.6 Å². The molecule has 7 heteroatoms. The third-order valence-electron chi connectivity index (χ3n) is 5.67. The van der Waals surface area contributed by atoms with Crippen molar-refractivity contribution in [1.29, 1.82) is 0 Å². The number of methoxy groups -OCH3 is 1. The van der Waals surface area contributed by atoms with Crippen LogP contribution in [0.1, 0.15) is 31.0 Å². The number of aliphatic hydroxyl groups excluding tert-OH is 1. The first kappa shape index (κ1) is 24.0. The number of ether oxygens (including phenoxy) is 2. The van der Waals surface area contributed by atoms with Gasteiger partial charge in [0.05, 0.1) is 25.3 Å². The number of Topliss-reactive ketones (excluding diaryl/α,β-unsaturated/α-hetero) is 1. The first-order valence-corrected chi connectivity index (χ1v) is 11.2. The summed E-state index contributed by atoms with van der Waals surface area (Å²) in [6.07, 6.45) is 0. The molecule has 1 saturated heterocycles. The van der Waals surface area contributed by atoms with E-state index in [1.807, 2.05) is 13.8 Å². The van der Waals surface area contributed by atoms with Crippen molar-refractivity contribution in [1.82, 2.24) is 0 Å². The van der Waals surface area contributed by atoms with Crippen LogP contribution >= 0.6 is 0 Å². The number of halogens is 1. The van der Waals surface area contributed by atoms with Crippen molar-refractivity contribution in [3.8, 4) is 11.5 Å². The highest BCUT2D eigenvalue weighted by atomic mass is 19.1. The highest BCUT2D eigenvalue weighted by Gasteiger charge is 2.47. The van der Waals surface area contributed by atoms with E-state index in [0.717, 1.165) is 0 Å². The summed E-state index contributed by atoms with van der Waals surface area (Å²) in [4.78, 5) is 27.7. The van der Waals surface area contributed by atoms with Gasteiger partial charge in [0.2, 0.25) is 0 Å². The van der Waals surface area contributed by atoms with Crippen LogP contribution in [0, 0.1) is 11.7 Å². The van der Waals surface area contributed by atoms with Gasteiger partial charge in [0.25, 0.3) is 11.7 Å². The highest BCUT2D eigenvalue weighted by molar-refractivity contribution is 6.51. The number of carbonyl (C=O) groups excluding carboxylic acids is 2. The molecule has 0 spiro atoms.